The molecule has 1 rings (SSSR count). The number of carboxylic acids is 1. The molecule has 18 heavy (non-hydrogen) atoms. The van der Waals surface area contributed by atoms with Crippen LogP contribution in [0, 0.1) is 21.8 Å². The van der Waals surface area contributed by atoms with Crippen molar-refractivity contribution in [3.8, 4) is 0 Å². The number of anilines is 1. The maximum atomic E-state index is 13.4. The summed E-state index contributed by atoms with van der Waals surface area (Å²) < 4.78 is 13.4. The van der Waals surface area contributed by atoms with Crippen LogP contribution in [0.4, 0.5) is 15.8 Å². The molecule has 8 heteroatoms. The molecule has 1 aromatic rings. The second-order valence-electron chi connectivity index (χ2n) is 3.47. The highest BCUT2D eigenvalue weighted by atomic mass is 19.1. The molecule has 1 atom stereocenters. The smallest absolute Gasteiger partial charge is 0.315 e. The molecule has 0 saturated carbocycles. The van der Waals surface area contributed by atoms with Crippen LogP contribution >= 0.6 is 0 Å². The largest absolute Gasteiger partial charge is 0.481 e. The van der Waals surface area contributed by atoms with Crippen molar-refractivity contribution in [1.29, 1.82) is 0 Å². The fraction of sp³-hybridized carbons (Fsp3) is 0.200. The predicted molar refractivity (Wildman–Crippen MR) is 58.5 cm³/mol. The lowest BCUT2D eigenvalue weighted by molar-refractivity contribution is -0.385. The summed E-state index contributed by atoms with van der Waals surface area (Å²) in [6.45, 7) is 1.14. The maximum absolute atomic E-state index is 13.4. The predicted octanol–water partition coefficient (Wildman–Crippen LogP) is 1.39. The average Bonchev–Trinajstić information content (AvgIpc) is 2.30. The van der Waals surface area contributed by atoms with Crippen LogP contribution in [0.2, 0.25) is 0 Å². The van der Waals surface area contributed by atoms with Gasteiger partial charge in [0.05, 0.1) is 16.7 Å². The van der Waals surface area contributed by atoms with E-state index in [0.29, 0.717) is 6.07 Å². The second kappa shape index (κ2) is 5.21. The molecule has 0 aliphatic carbocycles. The van der Waals surface area contributed by atoms with Gasteiger partial charge in [0, 0.05) is 6.07 Å². The molecule has 96 valence electrons. The Bertz CT molecular complexity index is 517. The van der Waals surface area contributed by atoms with Gasteiger partial charge in [-0.15, -0.1) is 0 Å². The normalized spacial score (nSPS) is 11.7. The molecular formula is C10H9FN2O5. The van der Waals surface area contributed by atoms with Crippen LogP contribution in [-0.4, -0.2) is 21.9 Å². The van der Waals surface area contributed by atoms with E-state index in [0.717, 1.165) is 19.1 Å². The molecule has 1 unspecified atom stereocenters. The lowest BCUT2D eigenvalue weighted by Crippen LogP contribution is -2.27. The molecule has 0 spiro atoms. The molecule has 0 radical (unpaired) electrons. The first-order valence-corrected chi connectivity index (χ1v) is 4.80. The fourth-order valence-corrected chi connectivity index (χ4v) is 1.07. The summed E-state index contributed by atoms with van der Waals surface area (Å²) in [5.41, 5.74) is -0.768. The van der Waals surface area contributed by atoms with Crippen molar-refractivity contribution in [3.63, 3.8) is 0 Å². The van der Waals surface area contributed by atoms with Gasteiger partial charge in [-0.2, -0.15) is 0 Å². The molecule has 0 aliphatic rings. The quantitative estimate of drug-likeness (QED) is 0.480. The van der Waals surface area contributed by atoms with Crippen LogP contribution < -0.4 is 5.32 Å². The number of nitro benzene ring substituents is 1. The molecule has 0 heterocycles. The minimum Gasteiger partial charge on any atom is -0.481 e. The highest BCUT2D eigenvalue weighted by Crippen LogP contribution is 2.20. The van der Waals surface area contributed by atoms with Crippen molar-refractivity contribution in [1.82, 2.24) is 0 Å². The van der Waals surface area contributed by atoms with E-state index in [1.165, 1.54) is 0 Å². The van der Waals surface area contributed by atoms with Gasteiger partial charge in [-0.25, -0.2) is 4.39 Å². The molecule has 0 aliphatic heterocycles. The van der Waals surface area contributed by atoms with E-state index in [1.54, 1.807) is 0 Å². The summed E-state index contributed by atoms with van der Waals surface area (Å²) in [6, 6.07) is 2.64. The van der Waals surface area contributed by atoms with Gasteiger partial charge in [0.15, 0.2) is 5.82 Å². The summed E-state index contributed by atoms with van der Waals surface area (Å²) in [5, 5.41) is 21.0. The third-order valence-electron chi connectivity index (χ3n) is 2.19. The van der Waals surface area contributed by atoms with Crippen LogP contribution in [0.15, 0.2) is 18.2 Å². The molecule has 7 nitrogen and oxygen atoms in total. The third-order valence-corrected chi connectivity index (χ3v) is 2.19. The van der Waals surface area contributed by atoms with Crippen LogP contribution in [0.5, 0.6) is 0 Å². The van der Waals surface area contributed by atoms with Crippen LogP contribution in [0.3, 0.4) is 0 Å². The monoisotopic (exact) mass is 256 g/mol. The Hall–Kier alpha value is -2.51. The summed E-state index contributed by atoms with van der Waals surface area (Å²) in [7, 11) is 0. The maximum Gasteiger partial charge on any atom is 0.315 e. The van der Waals surface area contributed by atoms with Crippen molar-refractivity contribution < 1.29 is 24.0 Å². The Labute approximate surface area is 100 Å². The molecule has 0 bridgehead atoms. The highest BCUT2D eigenvalue weighted by molar-refractivity contribution is 6.03. The van der Waals surface area contributed by atoms with Crippen molar-refractivity contribution in [2.75, 3.05) is 5.32 Å². The Morgan fingerprint density at radius 1 is 1.50 bits per heavy atom. The minimum atomic E-state index is -1.35. The molecule has 0 fully saturated rings. The summed E-state index contributed by atoms with van der Waals surface area (Å²) in [6.07, 6.45) is 0. The number of aliphatic carboxylic acids is 1. The molecule has 2 N–H and O–H groups in total. The number of hydrogen-bond donors (Lipinski definition) is 2. The number of carbonyl (C=O) groups is 2. The number of nitro groups is 1. The fourth-order valence-electron chi connectivity index (χ4n) is 1.07. The topological polar surface area (TPSA) is 110 Å². The first-order valence-electron chi connectivity index (χ1n) is 4.80. The standard InChI is InChI=1S/C10H9FN2O5/c1-5(10(15)16)9(14)12-8-3-2-6(13(17)18)4-7(8)11/h2-5H,1H3,(H,12,14)(H,15,16). The number of nitrogens with zero attached hydrogens (tertiary/aromatic N) is 1. The number of rotatable bonds is 4. The number of amides is 1. The number of halogens is 1. The average molecular weight is 256 g/mol. The first kappa shape index (κ1) is 13.6. The van der Waals surface area contributed by atoms with E-state index in [4.69, 9.17) is 5.11 Å². The molecule has 1 amide bonds. The van der Waals surface area contributed by atoms with Crippen LogP contribution in [0.25, 0.3) is 0 Å². The Kier molecular flexibility index (Phi) is 3.93. The second-order valence-corrected chi connectivity index (χ2v) is 3.47. The Morgan fingerprint density at radius 3 is 2.56 bits per heavy atom. The van der Waals surface area contributed by atoms with E-state index in [2.05, 4.69) is 0 Å². The van der Waals surface area contributed by atoms with Gasteiger partial charge in [0.2, 0.25) is 5.91 Å². The van der Waals surface area contributed by atoms with Crippen molar-refractivity contribution in [2.24, 2.45) is 5.92 Å². The Balaban J connectivity index is 2.89. The number of benzene rings is 1. The van der Waals surface area contributed by atoms with Crippen molar-refractivity contribution >= 4 is 23.3 Å². The van der Waals surface area contributed by atoms with Crippen molar-refractivity contribution in [2.45, 2.75) is 6.92 Å². The van der Waals surface area contributed by atoms with Gasteiger partial charge in [-0.3, -0.25) is 19.7 Å². The van der Waals surface area contributed by atoms with E-state index < -0.39 is 34.2 Å². The Morgan fingerprint density at radius 2 is 2.11 bits per heavy atom. The van der Waals surface area contributed by atoms with E-state index in [-0.39, 0.29) is 5.69 Å². The molecule has 0 aromatic heterocycles. The third kappa shape index (κ3) is 3.00. The van der Waals surface area contributed by atoms with Gasteiger partial charge in [-0.1, -0.05) is 0 Å². The van der Waals surface area contributed by atoms with Gasteiger partial charge in [-0.05, 0) is 13.0 Å². The zero-order chi connectivity index (χ0) is 13.9. The molecule has 0 saturated heterocycles. The van der Waals surface area contributed by atoms with E-state index in [1.807, 2.05) is 5.32 Å². The summed E-state index contributed by atoms with van der Waals surface area (Å²) in [5.74, 6) is -4.61. The number of non-ortho nitro benzene ring substituents is 1. The van der Waals surface area contributed by atoms with E-state index in [9.17, 15) is 24.1 Å². The van der Waals surface area contributed by atoms with Crippen molar-refractivity contribution in [3.05, 3.63) is 34.1 Å². The molecular weight excluding hydrogens is 247 g/mol. The zero-order valence-corrected chi connectivity index (χ0v) is 9.21. The highest BCUT2D eigenvalue weighted by Gasteiger charge is 2.22. The number of hydrogen-bond acceptors (Lipinski definition) is 4. The first-order chi connectivity index (χ1) is 8.32. The minimum absolute atomic E-state index is 0.307. The van der Waals surface area contributed by atoms with Gasteiger partial charge < -0.3 is 10.4 Å². The molecule has 1 aromatic carbocycles. The number of carbonyl (C=O) groups excluding carboxylic acids is 1. The lowest BCUT2D eigenvalue weighted by atomic mass is 10.1. The zero-order valence-electron chi connectivity index (χ0n) is 9.21. The van der Waals surface area contributed by atoms with Crippen LogP contribution in [-0.2, 0) is 9.59 Å². The summed E-state index contributed by atoms with van der Waals surface area (Å²) in [4.78, 5) is 31.4. The van der Waals surface area contributed by atoms with Gasteiger partial charge in [0.1, 0.15) is 5.92 Å². The van der Waals surface area contributed by atoms with E-state index >= 15 is 0 Å². The van der Waals surface area contributed by atoms with Gasteiger partial charge in [0.25, 0.3) is 5.69 Å². The number of nitrogens with one attached hydrogen (secondary N) is 1. The lowest BCUT2D eigenvalue weighted by Gasteiger charge is -2.08. The number of carboxylic acid groups (broad SMARTS) is 1. The van der Waals surface area contributed by atoms with Gasteiger partial charge >= 0.3 is 5.97 Å². The van der Waals surface area contributed by atoms with Crippen LogP contribution in [0.1, 0.15) is 6.92 Å². The SMILES string of the molecule is CC(C(=O)O)C(=O)Nc1ccc([N+](=O)[O-])cc1F. The summed E-state index contributed by atoms with van der Waals surface area (Å²) >= 11 is 0.